The highest BCUT2D eigenvalue weighted by atomic mass is 19.1. The number of halogens is 2. The number of hydrogen-bond donors (Lipinski definition) is 2. The molecular formula is C10H10F2N2O. The molecule has 0 aromatic heterocycles. The maximum absolute atomic E-state index is 13.3. The van der Waals surface area contributed by atoms with Gasteiger partial charge >= 0.3 is 0 Å². The van der Waals surface area contributed by atoms with E-state index in [4.69, 9.17) is 10.1 Å². The summed E-state index contributed by atoms with van der Waals surface area (Å²) in [6, 6.07) is 1.82. The average Bonchev–Trinajstić information content (AvgIpc) is 2.19. The maximum atomic E-state index is 13.3. The molecule has 0 radical (unpaired) electrons. The van der Waals surface area contributed by atoms with Gasteiger partial charge in [-0.1, -0.05) is 0 Å². The standard InChI is InChI=1S/C10H10F2N2O/c11-6-3-8(12)10-9(4-6)15-5-7(14-10)1-2-13/h2-4,7,13-14H,1,5H2. The zero-order valence-corrected chi connectivity index (χ0v) is 7.89. The largest absolute Gasteiger partial charge is 0.489 e. The smallest absolute Gasteiger partial charge is 0.153 e. The van der Waals surface area contributed by atoms with Crippen molar-refractivity contribution in [2.45, 2.75) is 12.5 Å². The third-order valence-electron chi connectivity index (χ3n) is 2.21. The van der Waals surface area contributed by atoms with E-state index >= 15 is 0 Å². The van der Waals surface area contributed by atoms with Crippen molar-refractivity contribution in [2.24, 2.45) is 0 Å². The highest BCUT2D eigenvalue weighted by Crippen LogP contribution is 2.32. The lowest BCUT2D eigenvalue weighted by Gasteiger charge is -2.26. The van der Waals surface area contributed by atoms with E-state index in [1.165, 1.54) is 6.21 Å². The first-order chi connectivity index (χ1) is 7.20. The van der Waals surface area contributed by atoms with Crippen LogP contribution >= 0.6 is 0 Å². The molecule has 0 aliphatic carbocycles. The van der Waals surface area contributed by atoms with Gasteiger partial charge in [-0.25, -0.2) is 8.78 Å². The molecule has 2 rings (SSSR count). The Morgan fingerprint density at radius 3 is 3.07 bits per heavy atom. The minimum absolute atomic E-state index is 0.130. The van der Waals surface area contributed by atoms with Gasteiger partial charge in [-0.2, -0.15) is 0 Å². The Hall–Kier alpha value is -1.65. The van der Waals surface area contributed by atoms with Gasteiger partial charge in [0.05, 0.1) is 6.04 Å². The van der Waals surface area contributed by atoms with Crippen molar-refractivity contribution in [3.8, 4) is 5.75 Å². The highest BCUT2D eigenvalue weighted by molar-refractivity contribution is 5.62. The van der Waals surface area contributed by atoms with Crippen LogP contribution in [-0.4, -0.2) is 18.9 Å². The van der Waals surface area contributed by atoms with Crippen molar-refractivity contribution in [3.63, 3.8) is 0 Å². The fraction of sp³-hybridized carbons (Fsp3) is 0.300. The van der Waals surface area contributed by atoms with Crippen LogP contribution in [0.15, 0.2) is 12.1 Å². The van der Waals surface area contributed by atoms with Gasteiger partial charge in [0.2, 0.25) is 0 Å². The van der Waals surface area contributed by atoms with E-state index in [-0.39, 0.29) is 17.5 Å². The fourth-order valence-electron chi connectivity index (χ4n) is 1.51. The normalized spacial score (nSPS) is 18.7. The predicted octanol–water partition coefficient (Wildman–Crippen LogP) is 2.18. The molecule has 1 unspecified atom stereocenters. The molecule has 1 aromatic rings. The van der Waals surface area contributed by atoms with Crippen LogP contribution < -0.4 is 10.1 Å². The lowest BCUT2D eigenvalue weighted by atomic mass is 10.1. The molecule has 0 fully saturated rings. The number of ether oxygens (including phenoxy) is 1. The first-order valence-electron chi connectivity index (χ1n) is 4.58. The topological polar surface area (TPSA) is 45.1 Å². The first-order valence-corrected chi connectivity index (χ1v) is 4.58. The predicted molar refractivity (Wildman–Crippen MR) is 52.7 cm³/mol. The summed E-state index contributed by atoms with van der Waals surface area (Å²) in [4.78, 5) is 0. The Labute approximate surface area is 85.6 Å². The molecule has 0 saturated heterocycles. The van der Waals surface area contributed by atoms with E-state index in [2.05, 4.69) is 5.32 Å². The Morgan fingerprint density at radius 2 is 2.33 bits per heavy atom. The van der Waals surface area contributed by atoms with E-state index in [0.29, 0.717) is 13.0 Å². The molecule has 1 heterocycles. The number of anilines is 1. The molecule has 3 nitrogen and oxygen atoms in total. The second kappa shape index (κ2) is 3.84. The molecule has 1 aromatic carbocycles. The number of hydrogen-bond acceptors (Lipinski definition) is 3. The van der Waals surface area contributed by atoms with Gasteiger partial charge in [0.1, 0.15) is 23.9 Å². The molecule has 1 aliphatic rings. The molecule has 15 heavy (non-hydrogen) atoms. The Balaban J connectivity index is 2.29. The zero-order chi connectivity index (χ0) is 10.8. The van der Waals surface area contributed by atoms with E-state index in [9.17, 15) is 8.78 Å². The van der Waals surface area contributed by atoms with Crippen LogP contribution in [0.5, 0.6) is 5.75 Å². The van der Waals surface area contributed by atoms with E-state index in [0.717, 1.165) is 12.1 Å². The zero-order valence-electron chi connectivity index (χ0n) is 7.89. The molecule has 0 saturated carbocycles. The van der Waals surface area contributed by atoms with Crippen LogP contribution in [0.3, 0.4) is 0 Å². The first kappa shape index (κ1) is 9.89. The summed E-state index contributed by atoms with van der Waals surface area (Å²) in [5.74, 6) is -1.13. The van der Waals surface area contributed by atoms with Crippen LogP contribution in [0.25, 0.3) is 0 Å². The van der Waals surface area contributed by atoms with Gasteiger partial charge in [-0.05, 0) is 6.21 Å². The van der Waals surface area contributed by atoms with Crippen LogP contribution in [-0.2, 0) is 0 Å². The van der Waals surface area contributed by atoms with Crippen molar-refractivity contribution >= 4 is 11.9 Å². The maximum Gasteiger partial charge on any atom is 0.153 e. The van der Waals surface area contributed by atoms with Crippen LogP contribution in [0.1, 0.15) is 6.42 Å². The SMILES string of the molecule is N=CCC1COc2cc(F)cc(F)c2N1. The number of rotatable bonds is 2. The van der Waals surface area contributed by atoms with Crippen molar-refractivity contribution in [1.82, 2.24) is 0 Å². The second-order valence-corrected chi connectivity index (χ2v) is 3.35. The molecule has 1 atom stereocenters. The van der Waals surface area contributed by atoms with E-state index in [1.807, 2.05) is 0 Å². The Morgan fingerprint density at radius 1 is 1.53 bits per heavy atom. The van der Waals surface area contributed by atoms with Gasteiger partial charge in [0.25, 0.3) is 0 Å². The fourth-order valence-corrected chi connectivity index (χ4v) is 1.51. The van der Waals surface area contributed by atoms with Crippen LogP contribution in [0.4, 0.5) is 14.5 Å². The molecule has 0 bridgehead atoms. The lowest BCUT2D eigenvalue weighted by molar-refractivity contribution is 0.283. The molecule has 1 aliphatic heterocycles. The summed E-state index contributed by atoms with van der Waals surface area (Å²) in [5.41, 5.74) is 0.175. The Bertz CT molecular complexity index is 395. The van der Waals surface area contributed by atoms with Crippen molar-refractivity contribution < 1.29 is 13.5 Å². The van der Waals surface area contributed by atoms with Gasteiger partial charge in [-0.15, -0.1) is 0 Å². The van der Waals surface area contributed by atoms with Crippen molar-refractivity contribution in [3.05, 3.63) is 23.8 Å². The summed E-state index contributed by atoms with van der Waals surface area (Å²) < 4.78 is 31.3. The molecule has 0 amide bonds. The summed E-state index contributed by atoms with van der Waals surface area (Å²) in [5, 5.41) is 9.81. The quantitative estimate of drug-likeness (QED) is 0.738. The summed E-state index contributed by atoms with van der Waals surface area (Å²) in [6.07, 6.45) is 1.68. The Kier molecular flexibility index (Phi) is 2.53. The van der Waals surface area contributed by atoms with Gasteiger partial charge in [-0.3, -0.25) is 0 Å². The third-order valence-corrected chi connectivity index (χ3v) is 2.21. The minimum Gasteiger partial charge on any atom is -0.489 e. The lowest BCUT2D eigenvalue weighted by Crippen LogP contribution is -2.32. The van der Waals surface area contributed by atoms with Gasteiger partial charge < -0.3 is 15.5 Å². The second-order valence-electron chi connectivity index (χ2n) is 3.35. The highest BCUT2D eigenvalue weighted by Gasteiger charge is 2.21. The molecule has 0 spiro atoms. The van der Waals surface area contributed by atoms with Crippen LogP contribution in [0, 0.1) is 17.0 Å². The number of fused-ring (bicyclic) bond motifs is 1. The monoisotopic (exact) mass is 212 g/mol. The average molecular weight is 212 g/mol. The summed E-state index contributed by atoms with van der Waals surface area (Å²) in [6.45, 7) is 0.311. The third kappa shape index (κ3) is 1.91. The van der Waals surface area contributed by atoms with Gasteiger partial charge in [0.15, 0.2) is 5.82 Å². The van der Waals surface area contributed by atoms with E-state index in [1.54, 1.807) is 0 Å². The van der Waals surface area contributed by atoms with Gasteiger partial charge in [0, 0.05) is 18.6 Å². The minimum atomic E-state index is -0.667. The molecular weight excluding hydrogens is 202 g/mol. The van der Waals surface area contributed by atoms with Crippen molar-refractivity contribution in [1.29, 1.82) is 5.41 Å². The summed E-state index contributed by atoms with van der Waals surface area (Å²) >= 11 is 0. The number of nitrogens with one attached hydrogen (secondary N) is 2. The molecule has 2 N–H and O–H groups in total. The summed E-state index contributed by atoms with van der Waals surface area (Å²) in [7, 11) is 0. The van der Waals surface area contributed by atoms with Crippen LogP contribution in [0.2, 0.25) is 0 Å². The van der Waals surface area contributed by atoms with E-state index < -0.39 is 11.6 Å². The molecule has 5 heteroatoms. The molecule has 80 valence electrons. The van der Waals surface area contributed by atoms with Crippen molar-refractivity contribution in [2.75, 3.05) is 11.9 Å². The number of benzene rings is 1.